The number of hydrogen-bond acceptors (Lipinski definition) is 3. The van der Waals surface area contributed by atoms with Crippen LogP contribution in [-0.4, -0.2) is 23.2 Å². The predicted molar refractivity (Wildman–Crippen MR) is 70.0 cm³/mol. The van der Waals surface area contributed by atoms with Crippen molar-refractivity contribution >= 4 is 5.69 Å². The number of aliphatic hydroxyl groups is 1. The third kappa shape index (κ3) is 2.97. The van der Waals surface area contributed by atoms with Gasteiger partial charge in [-0.1, -0.05) is 13.3 Å². The number of aromatic nitrogens is 1. The van der Waals surface area contributed by atoms with Gasteiger partial charge in [0, 0.05) is 24.8 Å². The smallest absolute Gasteiger partial charge is 0.0703 e. The summed E-state index contributed by atoms with van der Waals surface area (Å²) in [5, 5.41) is 9.36. The molecule has 0 amide bonds. The first-order valence-electron chi connectivity index (χ1n) is 6.63. The largest absolute Gasteiger partial charge is 0.392 e. The van der Waals surface area contributed by atoms with Crippen LogP contribution in [0.5, 0.6) is 0 Å². The first kappa shape index (κ1) is 12.4. The van der Waals surface area contributed by atoms with Gasteiger partial charge in [-0.3, -0.25) is 4.98 Å². The lowest BCUT2D eigenvalue weighted by molar-refractivity contribution is 0.282. The van der Waals surface area contributed by atoms with E-state index in [9.17, 15) is 5.11 Å². The fourth-order valence-electron chi connectivity index (χ4n) is 2.65. The normalized spacial score (nSPS) is 21.3. The van der Waals surface area contributed by atoms with Crippen molar-refractivity contribution in [3.05, 3.63) is 24.0 Å². The molecule has 0 bridgehead atoms. The maximum atomic E-state index is 9.36. The molecule has 1 saturated heterocycles. The zero-order valence-corrected chi connectivity index (χ0v) is 10.6. The zero-order chi connectivity index (χ0) is 12.1. The molecule has 0 aromatic carbocycles. The Hall–Kier alpha value is -1.09. The standard InChI is InChI=1S/C14H22N2O/c1-2-12-4-3-8-16(9-6-12)14-10-15-7-5-13(14)11-17/h5,7,10,12,17H,2-4,6,8-9,11H2,1H3. The van der Waals surface area contributed by atoms with Gasteiger partial charge in [-0.05, 0) is 31.2 Å². The Kier molecular flexibility index (Phi) is 4.37. The Balaban J connectivity index is 2.11. The van der Waals surface area contributed by atoms with Crippen molar-refractivity contribution in [3.63, 3.8) is 0 Å². The van der Waals surface area contributed by atoms with E-state index in [1.165, 1.54) is 25.7 Å². The van der Waals surface area contributed by atoms with Crippen LogP contribution in [0.3, 0.4) is 0 Å². The van der Waals surface area contributed by atoms with E-state index in [1.54, 1.807) is 6.20 Å². The van der Waals surface area contributed by atoms with Crippen LogP contribution in [0.25, 0.3) is 0 Å². The number of aliphatic hydroxyl groups excluding tert-OH is 1. The SMILES string of the molecule is CCC1CCCN(c2cnccc2CO)CC1. The molecule has 1 aromatic rings. The van der Waals surface area contributed by atoms with E-state index in [2.05, 4.69) is 16.8 Å². The summed E-state index contributed by atoms with van der Waals surface area (Å²) < 4.78 is 0. The van der Waals surface area contributed by atoms with Crippen LogP contribution in [0, 0.1) is 5.92 Å². The van der Waals surface area contributed by atoms with E-state index in [-0.39, 0.29) is 6.61 Å². The molecule has 17 heavy (non-hydrogen) atoms. The topological polar surface area (TPSA) is 36.4 Å². The van der Waals surface area contributed by atoms with Crippen LogP contribution in [0.15, 0.2) is 18.5 Å². The molecule has 1 unspecified atom stereocenters. The van der Waals surface area contributed by atoms with Crippen molar-refractivity contribution in [3.8, 4) is 0 Å². The molecule has 94 valence electrons. The first-order chi connectivity index (χ1) is 8.35. The van der Waals surface area contributed by atoms with E-state index < -0.39 is 0 Å². The summed E-state index contributed by atoms with van der Waals surface area (Å²) in [5.41, 5.74) is 2.11. The fraction of sp³-hybridized carbons (Fsp3) is 0.643. The Morgan fingerprint density at radius 2 is 2.29 bits per heavy atom. The zero-order valence-electron chi connectivity index (χ0n) is 10.6. The molecule has 2 heterocycles. The summed E-state index contributed by atoms with van der Waals surface area (Å²) in [6, 6.07) is 1.91. The van der Waals surface area contributed by atoms with Gasteiger partial charge in [0.05, 0.1) is 18.5 Å². The number of anilines is 1. The van der Waals surface area contributed by atoms with Crippen LogP contribution in [0.1, 0.15) is 38.2 Å². The number of rotatable bonds is 3. The van der Waals surface area contributed by atoms with Crippen molar-refractivity contribution < 1.29 is 5.11 Å². The first-order valence-corrected chi connectivity index (χ1v) is 6.63. The Morgan fingerprint density at radius 3 is 3.06 bits per heavy atom. The molecule has 1 fully saturated rings. The van der Waals surface area contributed by atoms with E-state index in [4.69, 9.17) is 0 Å². The molecule has 0 saturated carbocycles. The molecule has 3 heteroatoms. The van der Waals surface area contributed by atoms with Gasteiger partial charge in [-0.25, -0.2) is 0 Å². The number of hydrogen-bond donors (Lipinski definition) is 1. The molecule has 1 aromatic heterocycles. The van der Waals surface area contributed by atoms with E-state index in [0.717, 1.165) is 30.3 Å². The fourth-order valence-corrected chi connectivity index (χ4v) is 2.65. The van der Waals surface area contributed by atoms with E-state index >= 15 is 0 Å². The summed E-state index contributed by atoms with van der Waals surface area (Å²) in [6.45, 7) is 4.57. The Labute approximate surface area is 103 Å². The molecule has 0 spiro atoms. The maximum absolute atomic E-state index is 9.36. The summed E-state index contributed by atoms with van der Waals surface area (Å²) in [5.74, 6) is 0.870. The van der Waals surface area contributed by atoms with Gasteiger partial charge in [-0.15, -0.1) is 0 Å². The van der Waals surface area contributed by atoms with Crippen molar-refractivity contribution in [2.75, 3.05) is 18.0 Å². The van der Waals surface area contributed by atoms with Crippen molar-refractivity contribution in [2.24, 2.45) is 5.92 Å². The van der Waals surface area contributed by atoms with E-state index in [0.29, 0.717) is 0 Å². The summed E-state index contributed by atoms with van der Waals surface area (Å²) >= 11 is 0. The van der Waals surface area contributed by atoms with Crippen LogP contribution in [0.2, 0.25) is 0 Å². The highest BCUT2D eigenvalue weighted by atomic mass is 16.3. The molecule has 1 aliphatic rings. The van der Waals surface area contributed by atoms with Crippen LogP contribution >= 0.6 is 0 Å². The average Bonchev–Trinajstić information content (AvgIpc) is 2.63. The van der Waals surface area contributed by atoms with Crippen LogP contribution in [-0.2, 0) is 6.61 Å². The summed E-state index contributed by atoms with van der Waals surface area (Å²) in [4.78, 5) is 6.57. The second-order valence-electron chi connectivity index (χ2n) is 4.85. The highest BCUT2D eigenvalue weighted by Crippen LogP contribution is 2.26. The lowest BCUT2D eigenvalue weighted by Gasteiger charge is -2.24. The molecular formula is C14H22N2O. The highest BCUT2D eigenvalue weighted by Gasteiger charge is 2.17. The maximum Gasteiger partial charge on any atom is 0.0703 e. The van der Waals surface area contributed by atoms with Crippen LogP contribution < -0.4 is 4.90 Å². The summed E-state index contributed by atoms with van der Waals surface area (Å²) in [6.07, 6.45) is 8.77. The van der Waals surface area contributed by atoms with Gasteiger partial charge in [0.1, 0.15) is 0 Å². The van der Waals surface area contributed by atoms with Gasteiger partial charge in [0.15, 0.2) is 0 Å². The third-order valence-electron chi connectivity index (χ3n) is 3.82. The highest BCUT2D eigenvalue weighted by molar-refractivity contribution is 5.51. The predicted octanol–water partition coefficient (Wildman–Crippen LogP) is 2.59. The van der Waals surface area contributed by atoms with Gasteiger partial charge >= 0.3 is 0 Å². The molecule has 1 atom stereocenters. The van der Waals surface area contributed by atoms with Crippen molar-refractivity contribution in [2.45, 2.75) is 39.2 Å². The average molecular weight is 234 g/mol. The molecule has 2 rings (SSSR count). The van der Waals surface area contributed by atoms with Gasteiger partial charge in [0.25, 0.3) is 0 Å². The minimum absolute atomic E-state index is 0.103. The molecule has 1 N–H and O–H groups in total. The van der Waals surface area contributed by atoms with Crippen molar-refractivity contribution in [1.29, 1.82) is 0 Å². The lowest BCUT2D eigenvalue weighted by atomic mass is 9.98. The molecule has 0 radical (unpaired) electrons. The molecule has 0 aliphatic carbocycles. The Bertz CT molecular complexity index is 354. The van der Waals surface area contributed by atoms with E-state index in [1.807, 2.05) is 12.3 Å². The minimum atomic E-state index is 0.103. The molecular weight excluding hydrogens is 212 g/mol. The second kappa shape index (κ2) is 6.01. The van der Waals surface area contributed by atoms with Gasteiger partial charge < -0.3 is 10.0 Å². The molecule has 1 aliphatic heterocycles. The second-order valence-corrected chi connectivity index (χ2v) is 4.85. The number of pyridine rings is 1. The van der Waals surface area contributed by atoms with Crippen LogP contribution in [0.4, 0.5) is 5.69 Å². The van der Waals surface area contributed by atoms with Crippen molar-refractivity contribution in [1.82, 2.24) is 4.98 Å². The monoisotopic (exact) mass is 234 g/mol. The third-order valence-corrected chi connectivity index (χ3v) is 3.82. The minimum Gasteiger partial charge on any atom is -0.392 e. The van der Waals surface area contributed by atoms with Gasteiger partial charge in [0.2, 0.25) is 0 Å². The Morgan fingerprint density at radius 1 is 1.41 bits per heavy atom. The number of nitrogens with zero attached hydrogens (tertiary/aromatic N) is 2. The van der Waals surface area contributed by atoms with Gasteiger partial charge in [-0.2, -0.15) is 0 Å². The lowest BCUT2D eigenvalue weighted by Crippen LogP contribution is -2.25. The molecule has 3 nitrogen and oxygen atoms in total. The summed E-state index contributed by atoms with van der Waals surface area (Å²) in [7, 11) is 0. The quantitative estimate of drug-likeness (QED) is 0.873.